The van der Waals surface area contributed by atoms with Crippen molar-refractivity contribution in [1.29, 1.82) is 0 Å². The van der Waals surface area contributed by atoms with Gasteiger partial charge in [-0.2, -0.15) is 0 Å². The van der Waals surface area contributed by atoms with Crippen molar-refractivity contribution in [3.05, 3.63) is 76.3 Å². The molecule has 2 aromatic carbocycles. The predicted molar refractivity (Wildman–Crippen MR) is 125 cm³/mol. The van der Waals surface area contributed by atoms with Crippen LogP contribution in [0.1, 0.15) is 6.42 Å². The second kappa shape index (κ2) is 7.74. The summed E-state index contributed by atoms with van der Waals surface area (Å²) < 4.78 is 5.39. The summed E-state index contributed by atoms with van der Waals surface area (Å²) in [6, 6.07) is 9.80. The first-order valence-electron chi connectivity index (χ1n) is 11.0. The molecule has 0 spiro atoms. The normalized spacial score (nSPS) is 22.2. The van der Waals surface area contributed by atoms with E-state index in [0.717, 1.165) is 4.90 Å². The van der Waals surface area contributed by atoms with Gasteiger partial charge in [0.25, 0.3) is 17.4 Å². The Morgan fingerprint density at radius 2 is 1.86 bits per heavy atom. The number of hydrogen-bond donors (Lipinski definition) is 0. The van der Waals surface area contributed by atoms with Crippen molar-refractivity contribution >= 4 is 46.0 Å². The second-order valence-electron chi connectivity index (χ2n) is 8.66. The van der Waals surface area contributed by atoms with Crippen molar-refractivity contribution in [2.24, 2.45) is 0 Å². The molecule has 4 amide bonds. The molecule has 3 atom stereocenters. The van der Waals surface area contributed by atoms with Crippen molar-refractivity contribution in [3.63, 3.8) is 0 Å². The lowest BCUT2D eigenvalue weighted by atomic mass is 10.1. The summed E-state index contributed by atoms with van der Waals surface area (Å²) in [5.41, 5.74) is 0.161. The van der Waals surface area contributed by atoms with Gasteiger partial charge in [-0.3, -0.25) is 14.9 Å². The molecule has 3 aliphatic rings. The Morgan fingerprint density at radius 3 is 2.56 bits per heavy atom. The van der Waals surface area contributed by atoms with Crippen LogP contribution < -0.4 is 9.64 Å². The molecule has 3 aliphatic heterocycles. The van der Waals surface area contributed by atoms with Gasteiger partial charge in [0.05, 0.1) is 17.0 Å². The number of piperazine rings is 1. The third-order valence-electron chi connectivity index (χ3n) is 6.85. The fourth-order valence-electron chi connectivity index (χ4n) is 5.31. The van der Waals surface area contributed by atoms with Crippen LogP contribution in [0.2, 0.25) is 0 Å². The minimum absolute atomic E-state index is 0.132. The Kier molecular flexibility index (Phi) is 4.62. The lowest BCUT2D eigenvalue weighted by Gasteiger charge is -2.34. The summed E-state index contributed by atoms with van der Waals surface area (Å²) in [5.74, 6) is -0.157. The van der Waals surface area contributed by atoms with E-state index < -0.39 is 35.0 Å². The molecule has 36 heavy (non-hydrogen) atoms. The van der Waals surface area contributed by atoms with Gasteiger partial charge >= 0.3 is 12.1 Å². The van der Waals surface area contributed by atoms with Crippen molar-refractivity contribution < 1.29 is 24.0 Å². The molecule has 4 heterocycles. The molecule has 178 valence electrons. The maximum atomic E-state index is 13.5. The molecule has 3 fully saturated rings. The Balaban J connectivity index is 1.27. The lowest BCUT2D eigenvalue weighted by molar-refractivity contribution is -0.384. The topological polar surface area (TPSA) is 131 Å². The predicted octanol–water partition coefficient (Wildman–Crippen LogP) is 3.49. The van der Waals surface area contributed by atoms with Crippen LogP contribution in [0.15, 0.2) is 54.7 Å². The molecular weight excluding hydrogens is 468 g/mol. The number of hydrogen-bond acceptors (Lipinski definition) is 7. The van der Waals surface area contributed by atoms with E-state index >= 15 is 0 Å². The van der Waals surface area contributed by atoms with E-state index in [1.54, 1.807) is 24.3 Å². The molecule has 12 nitrogen and oxygen atoms in total. The first kappa shape index (κ1) is 21.5. The second-order valence-corrected chi connectivity index (χ2v) is 8.66. The molecule has 0 saturated carbocycles. The highest BCUT2D eigenvalue weighted by molar-refractivity contribution is 6.25. The average Bonchev–Trinajstić information content (AvgIpc) is 3.55. The molecule has 0 aliphatic carbocycles. The van der Waals surface area contributed by atoms with Crippen molar-refractivity contribution in [2.75, 3.05) is 11.4 Å². The van der Waals surface area contributed by atoms with Gasteiger partial charge in [-0.25, -0.2) is 14.5 Å². The Labute approximate surface area is 203 Å². The summed E-state index contributed by atoms with van der Waals surface area (Å²) in [6.45, 7) is 7.55. The monoisotopic (exact) mass is 484 g/mol. The third kappa shape index (κ3) is 2.99. The minimum Gasteiger partial charge on any atom is -0.410 e. The fourth-order valence-corrected chi connectivity index (χ4v) is 5.31. The van der Waals surface area contributed by atoms with Gasteiger partial charge in [0, 0.05) is 29.4 Å². The highest BCUT2D eigenvalue weighted by atomic mass is 16.6. The maximum absolute atomic E-state index is 13.5. The first-order valence-corrected chi connectivity index (χ1v) is 11.0. The highest BCUT2D eigenvalue weighted by Crippen LogP contribution is 2.44. The molecule has 0 N–H and O–H groups in total. The van der Waals surface area contributed by atoms with Crippen LogP contribution in [0.25, 0.3) is 15.6 Å². The van der Waals surface area contributed by atoms with Crippen LogP contribution in [0.3, 0.4) is 0 Å². The molecule has 0 radical (unpaired) electrons. The van der Waals surface area contributed by atoms with Gasteiger partial charge in [-0.15, -0.1) is 4.98 Å². The summed E-state index contributed by atoms with van der Waals surface area (Å²) in [6.07, 6.45) is 1.11. The van der Waals surface area contributed by atoms with Gasteiger partial charge in [-0.1, -0.05) is 30.8 Å². The number of aromatic nitrogens is 1. The van der Waals surface area contributed by atoms with E-state index in [9.17, 15) is 24.5 Å². The zero-order valence-electron chi connectivity index (χ0n) is 18.5. The quantitative estimate of drug-likeness (QED) is 0.241. The zero-order chi connectivity index (χ0) is 25.1. The third-order valence-corrected chi connectivity index (χ3v) is 6.85. The Hall–Kier alpha value is -5.05. The molecular formula is C24H16N6O6. The van der Waals surface area contributed by atoms with Crippen LogP contribution in [-0.4, -0.2) is 62.4 Å². The molecule has 2 unspecified atom stereocenters. The number of benzene rings is 2. The smallest absolute Gasteiger partial charge is 0.410 e. The minimum atomic E-state index is -0.861. The standard InChI is InChI=1S/C24H16N6O6/c1-25-21-17-5-3-2-4-16(17)19(11-26-21)29-22(31)20-18-10-14(28(20)23(29)32)12-27(18)24(33)36-15-8-6-13(7-9-15)30(34)35/h2-9,11,14,18,20H,10,12H2/t14?,18?,20-/m1/s1. The molecule has 2 bridgehead atoms. The molecule has 1 aromatic heterocycles. The number of carbonyl (C=O) groups excluding carboxylic acids is 3. The van der Waals surface area contributed by atoms with Crippen LogP contribution in [-0.2, 0) is 4.79 Å². The van der Waals surface area contributed by atoms with E-state index in [1.807, 2.05) is 0 Å². The number of pyridine rings is 1. The number of urea groups is 1. The van der Waals surface area contributed by atoms with Crippen molar-refractivity contribution in [3.8, 4) is 5.75 Å². The van der Waals surface area contributed by atoms with Gasteiger partial charge in [0.1, 0.15) is 23.7 Å². The molecule has 12 heteroatoms. The number of fused-ring (bicyclic) bond motifs is 6. The number of ether oxygens (including phenoxy) is 1. The van der Waals surface area contributed by atoms with Crippen LogP contribution in [0, 0.1) is 16.7 Å². The zero-order valence-corrected chi connectivity index (χ0v) is 18.5. The summed E-state index contributed by atoms with van der Waals surface area (Å²) >= 11 is 0. The van der Waals surface area contributed by atoms with Crippen LogP contribution in [0.5, 0.6) is 5.75 Å². The van der Waals surface area contributed by atoms with Crippen molar-refractivity contribution in [1.82, 2.24) is 14.8 Å². The van der Waals surface area contributed by atoms with E-state index in [0.29, 0.717) is 22.9 Å². The largest absolute Gasteiger partial charge is 0.415 e. The number of carbonyl (C=O) groups is 3. The van der Waals surface area contributed by atoms with Crippen LogP contribution in [0.4, 0.5) is 26.8 Å². The Morgan fingerprint density at radius 1 is 1.14 bits per heavy atom. The Bertz CT molecular complexity index is 1520. The summed E-state index contributed by atoms with van der Waals surface area (Å²) in [7, 11) is 0. The van der Waals surface area contributed by atoms with E-state index in [4.69, 9.17) is 11.3 Å². The van der Waals surface area contributed by atoms with Crippen molar-refractivity contribution in [2.45, 2.75) is 24.5 Å². The number of anilines is 1. The number of likely N-dealkylation sites (tertiary alicyclic amines) is 1. The maximum Gasteiger partial charge on any atom is 0.415 e. The SMILES string of the molecule is [C-]#[N+]c1ncc(N2C(=O)[C@H]3C4CC(CN4C(=O)Oc4ccc([N+](=O)[O-])cc4)N3C2=O)c2ccccc12. The van der Waals surface area contributed by atoms with E-state index in [2.05, 4.69) is 9.83 Å². The van der Waals surface area contributed by atoms with Gasteiger partial charge < -0.3 is 19.4 Å². The number of nitrogens with zero attached hydrogens (tertiary/aromatic N) is 6. The van der Waals surface area contributed by atoms with E-state index in [-0.39, 0.29) is 29.8 Å². The number of amides is 4. The first-order chi connectivity index (χ1) is 17.4. The summed E-state index contributed by atoms with van der Waals surface area (Å²) in [5, 5.41) is 11.9. The number of imide groups is 1. The van der Waals surface area contributed by atoms with E-state index in [1.165, 1.54) is 40.3 Å². The fraction of sp³-hybridized carbons (Fsp3) is 0.208. The lowest BCUT2D eigenvalue weighted by Crippen LogP contribution is -2.55. The molecule has 3 saturated heterocycles. The number of nitro groups is 1. The average molecular weight is 484 g/mol. The van der Waals surface area contributed by atoms with Gasteiger partial charge in [-0.05, 0) is 18.6 Å². The number of non-ortho nitro benzene ring substituents is 1. The van der Waals surface area contributed by atoms with Gasteiger partial charge in [0.2, 0.25) is 0 Å². The number of nitro benzene ring substituents is 1. The van der Waals surface area contributed by atoms with Gasteiger partial charge in [0.15, 0.2) is 0 Å². The van der Waals surface area contributed by atoms with Crippen LogP contribution >= 0.6 is 0 Å². The molecule has 6 rings (SSSR count). The summed E-state index contributed by atoms with van der Waals surface area (Å²) in [4.78, 5) is 61.7. The molecule has 3 aromatic rings. The highest BCUT2D eigenvalue weighted by Gasteiger charge is 2.63. The number of rotatable bonds is 3.